The molecule has 7 nitrogen and oxygen atoms in total. The molecule has 2 amide bonds. The first-order valence-electron chi connectivity index (χ1n) is 7.63. The molecule has 0 aromatic rings. The van der Waals surface area contributed by atoms with Gasteiger partial charge in [0.05, 0.1) is 19.1 Å². The third-order valence-corrected chi connectivity index (χ3v) is 4.25. The number of likely N-dealkylation sites (tertiary alicyclic amines) is 1. The summed E-state index contributed by atoms with van der Waals surface area (Å²) < 4.78 is 5.29. The van der Waals surface area contributed by atoms with E-state index in [2.05, 4.69) is 10.2 Å². The number of hydrogen-bond donors (Lipinski definition) is 2. The van der Waals surface area contributed by atoms with Gasteiger partial charge in [0.25, 0.3) is 0 Å². The van der Waals surface area contributed by atoms with Crippen molar-refractivity contribution in [1.29, 1.82) is 0 Å². The first kappa shape index (κ1) is 16.0. The minimum Gasteiger partial charge on any atom is -0.481 e. The molecule has 0 aromatic carbocycles. The number of nitrogens with zero attached hydrogens (tertiary/aromatic N) is 2. The van der Waals surface area contributed by atoms with Gasteiger partial charge in [0, 0.05) is 32.7 Å². The molecule has 0 radical (unpaired) electrons. The van der Waals surface area contributed by atoms with Gasteiger partial charge in [-0.05, 0) is 18.9 Å². The molecule has 0 aliphatic carbocycles. The van der Waals surface area contributed by atoms with Crippen LogP contribution in [-0.4, -0.2) is 79.4 Å². The SMILES string of the molecule is C[C@@H]1CN(C(=O)NCCCN2CCOCC2)C[C@H]1C(=O)O. The van der Waals surface area contributed by atoms with Crippen LogP contribution in [0.5, 0.6) is 0 Å². The van der Waals surface area contributed by atoms with E-state index in [-0.39, 0.29) is 11.9 Å². The summed E-state index contributed by atoms with van der Waals surface area (Å²) in [5.41, 5.74) is 0. The van der Waals surface area contributed by atoms with Gasteiger partial charge in [0.2, 0.25) is 0 Å². The summed E-state index contributed by atoms with van der Waals surface area (Å²) in [6.07, 6.45) is 0.900. The zero-order chi connectivity index (χ0) is 15.2. The van der Waals surface area contributed by atoms with Crippen molar-refractivity contribution in [3.8, 4) is 0 Å². The van der Waals surface area contributed by atoms with Crippen molar-refractivity contribution in [2.24, 2.45) is 11.8 Å². The molecular formula is C14H25N3O4. The molecule has 0 bridgehead atoms. The Balaban J connectivity index is 1.62. The summed E-state index contributed by atoms with van der Waals surface area (Å²) >= 11 is 0. The second kappa shape index (κ2) is 7.61. The van der Waals surface area contributed by atoms with Crippen LogP contribution in [-0.2, 0) is 9.53 Å². The molecule has 0 spiro atoms. The van der Waals surface area contributed by atoms with E-state index in [9.17, 15) is 9.59 Å². The van der Waals surface area contributed by atoms with Crippen molar-refractivity contribution in [2.45, 2.75) is 13.3 Å². The topological polar surface area (TPSA) is 82.1 Å². The largest absolute Gasteiger partial charge is 0.481 e. The van der Waals surface area contributed by atoms with E-state index < -0.39 is 11.9 Å². The zero-order valence-corrected chi connectivity index (χ0v) is 12.6. The number of carbonyl (C=O) groups excluding carboxylic acids is 1. The van der Waals surface area contributed by atoms with Crippen molar-refractivity contribution in [2.75, 3.05) is 52.5 Å². The lowest BCUT2D eigenvalue weighted by Crippen LogP contribution is -2.41. The van der Waals surface area contributed by atoms with Gasteiger partial charge >= 0.3 is 12.0 Å². The Morgan fingerprint density at radius 1 is 1.29 bits per heavy atom. The van der Waals surface area contributed by atoms with Crippen LogP contribution in [0.25, 0.3) is 0 Å². The number of amides is 2. The maximum Gasteiger partial charge on any atom is 0.317 e. The number of nitrogens with one attached hydrogen (secondary N) is 1. The molecule has 21 heavy (non-hydrogen) atoms. The lowest BCUT2D eigenvalue weighted by Gasteiger charge is -2.26. The van der Waals surface area contributed by atoms with E-state index in [0.717, 1.165) is 39.3 Å². The Morgan fingerprint density at radius 2 is 2.00 bits per heavy atom. The highest BCUT2D eigenvalue weighted by molar-refractivity contribution is 5.77. The number of urea groups is 1. The Bertz CT molecular complexity index is 371. The third-order valence-electron chi connectivity index (χ3n) is 4.25. The average Bonchev–Trinajstić information content (AvgIpc) is 2.87. The van der Waals surface area contributed by atoms with Gasteiger partial charge in [0.15, 0.2) is 0 Å². The fourth-order valence-electron chi connectivity index (χ4n) is 2.89. The van der Waals surface area contributed by atoms with Crippen LogP contribution in [0, 0.1) is 11.8 Å². The van der Waals surface area contributed by atoms with Crippen LogP contribution in [0.1, 0.15) is 13.3 Å². The monoisotopic (exact) mass is 299 g/mol. The first-order chi connectivity index (χ1) is 10.1. The molecule has 2 aliphatic rings. The fraction of sp³-hybridized carbons (Fsp3) is 0.857. The molecule has 2 rings (SSSR count). The lowest BCUT2D eigenvalue weighted by atomic mass is 9.99. The second-order valence-corrected chi connectivity index (χ2v) is 5.87. The molecule has 2 aliphatic heterocycles. The smallest absolute Gasteiger partial charge is 0.317 e. The van der Waals surface area contributed by atoms with Gasteiger partial charge in [-0.15, -0.1) is 0 Å². The van der Waals surface area contributed by atoms with Crippen LogP contribution < -0.4 is 5.32 Å². The number of rotatable bonds is 5. The van der Waals surface area contributed by atoms with Gasteiger partial charge < -0.3 is 20.1 Å². The average molecular weight is 299 g/mol. The summed E-state index contributed by atoms with van der Waals surface area (Å²) in [6, 6.07) is -0.146. The maximum absolute atomic E-state index is 12.0. The van der Waals surface area contributed by atoms with Crippen molar-refractivity contribution in [1.82, 2.24) is 15.1 Å². The lowest BCUT2D eigenvalue weighted by molar-refractivity contribution is -0.142. The Labute approximate surface area is 125 Å². The van der Waals surface area contributed by atoms with E-state index in [0.29, 0.717) is 19.6 Å². The molecule has 2 N–H and O–H groups in total. The summed E-state index contributed by atoms with van der Waals surface area (Å²) in [5, 5.41) is 11.9. The quantitative estimate of drug-likeness (QED) is 0.702. The molecule has 2 heterocycles. The van der Waals surface area contributed by atoms with Crippen LogP contribution >= 0.6 is 0 Å². The zero-order valence-electron chi connectivity index (χ0n) is 12.6. The third kappa shape index (κ3) is 4.57. The van der Waals surface area contributed by atoms with Gasteiger partial charge in [-0.1, -0.05) is 6.92 Å². The molecule has 0 aromatic heterocycles. The Hall–Kier alpha value is -1.34. The van der Waals surface area contributed by atoms with E-state index in [1.165, 1.54) is 0 Å². The van der Waals surface area contributed by atoms with Crippen LogP contribution in [0.15, 0.2) is 0 Å². The van der Waals surface area contributed by atoms with Crippen molar-refractivity contribution < 1.29 is 19.4 Å². The Kier molecular flexibility index (Phi) is 5.81. The maximum atomic E-state index is 12.0. The fourth-order valence-corrected chi connectivity index (χ4v) is 2.89. The minimum absolute atomic E-state index is 0.0154. The number of morpholine rings is 1. The van der Waals surface area contributed by atoms with Gasteiger partial charge in [-0.25, -0.2) is 4.79 Å². The number of carboxylic acids is 1. The molecule has 120 valence electrons. The van der Waals surface area contributed by atoms with Crippen LogP contribution in [0.3, 0.4) is 0 Å². The number of aliphatic carboxylic acids is 1. The van der Waals surface area contributed by atoms with Crippen molar-refractivity contribution >= 4 is 12.0 Å². The summed E-state index contributed by atoms with van der Waals surface area (Å²) in [4.78, 5) is 27.0. The molecule has 0 saturated carbocycles. The second-order valence-electron chi connectivity index (χ2n) is 5.87. The van der Waals surface area contributed by atoms with Gasteiger partial charge in [0.1, 0.15) is 0 Å². The normalized spacial score (nSPS) is 26.8. The van der Waals surface area contributed by atoms with Crippen molar-refractivity contribution in [3.05, 3.63) is 0 Å². The number of carboxylic acid groups (broad SMARTS) is 1. The molecule has 2 fully saturated rings. The standard InChI is InChI=1S/C14H25N3O4/c1-11-9-17(10-12(11)13(18)19)14(20)15-3-2-4-16-5-7-21-8-6-16/h11-12H,2-10H2,1H3,(H,15,20)(H,18,19)/t11-,12-/m1/s1. The molecule has 2 saturated heterocycles. The van der Waals surface area contributed by atoms with E-state index in [1.807, 2.05) is 6.92 Å². The minimum atomic E-state index is -0.815. The molecule has 0 unspecified atom stereocenters. The predicted octanol–water partition coefficient (Wildman–Crippen LogP) is 0.0708. The van der Waals surface area contributed by atoms with Crippen LogP contribution in [0.2, 0.25) is 0 Å². The van der Waals surface area contributed by atoms with Gasteiger partial charge in [-0.3, -0.25) is 9.69 Å². The number of ether oxygens (including phenoxy) is 1. The highest BCUT2D eigenvalue weighted by atomic mass is 16.5. The van der Waals surface area contributed by atoms with Crippen molar-refractivity contribution in [3.63, 3.8) is 0 Å². The summed E-state index contributed by atoms with van der Waals surface area (Å²) in [6.45, 7) is 7.78. The number of hydrogen-bond acceptors (Lipinski definition) is 4. The van der Waals surface area contributed by atoms with E-state index in [1.54, 1.807) is 4.90 Å². The summed E-state index contributed by atoms with van der Waals surface area (Å²) in [7, 11) is 0. The van der Waals surface area contributed by atoms with E-state index >= 15 is 0 Å². The molecule has 7 heteroatoms. The van der Waals surface area contributed by atoms with Gasteiger partial charge in [-0.2, -0.15) is 0 Å². The summed E-state index contributed by atoms with van der Waals surface area (Å²) in [5.74, 6) is -1.24. The first-order valence-corrected chi connectivity index (χ1v) is 7.63. The molecule has 2 atom stereocenters. The van der Waals surface area contributed by atoms with Crippen LogP contribution in [0.4, 0.5) is 4.79 Å². The Morgan fingerprint density at radius 3 is 2.62 bits per heavy atom. The number of carbonyl (C=O) groups is 2. The highest BCUT2D eigenvalue weighted by Gasteiger charge is 2.36. The highest BCUT2D eigenvalue weighted by Crippen LogP contribution is 2.22. The van der Waals surface area contributed by atoms with E-state index in [4.69, 9.17) is 9.84 Å². The predicted molar refractivity (Wildman–Crippen MR) is 77.1 cm³/mol. The molecular weight excluding hydrogens is 274 g/mol.